The van der Waals surface area contributed by atoms with Crippen molar-refractivity contribution in [3.8, 4) is 0 Å². The van der Waals surface area contributed by atoms with E-state index in [2.05, 4.69) is 18.7 Å². The lowest BCUT2D eigenvalue weighted by atomic mass is 9.84. The van der Waals surface area contributed by atoms with Crippen LogP contribution in [0.1, 0.15) is 71.6 Å². The zero-order chi connectivity index (χ0) is 15.1. The first-order valence-electron chi connectivity index (χ1n) is 9.17. The number of nitrogens with zero attached hydrogens (tertiary/aromatic N) is 1. The SMILES string of the molecule is CCCCC(CC)C(=O)OC[C@@H]1CCCN2CCCC[C@H]12. The number of carbonyl (C=O) groups is 1. The zero-order valence-corrected chi connectivity index (χ0v) is 14.0. The Bertz CT molecular complexity index is 316. The van der Waals surface area contributed by atoms with Gasteiger partial charge in [-0.15, -0.1) is 0 Å². The van der Waals surface area contributed by atoms with E-state index in [1.165, 1.54) is 45.2 Å². The fraction of sp³-hybridized carbons (Fsp3) is 0.944. The Balaban J connectivity index is 1.79. The molecule has 0 bridgehead atoms. The summed E-state index contributed by atoms with van der Waals surface area (Å²) >= 11 is 0. The highest BCUT2D eigenvalue weighted by Gasteiger charge is 2.33. The van der Waals surface area contributed by atoms with Gasteiger partial charge in [0.05, 0.1) is 12.5 Å². The van der Waals surface area contributed by atoms with E-state index in [4.69, 9.17) is 4.74 Å². The normalized spacial score (nSPS) is 27.9. The molecule has 3 atom stereocenters. The maximum Gasteiger partial charge on any atom is 0.308 e. The van der Waals surface area contributed by atoms with E-state index >= 15 is 0 Å². The van der Waals surface area contributed by atoms with Gasteiger partial charge >= 0.3 is 5.97 Å². The van der Waals surface area contributed by atoms with Gasteiger partial charge in [-0.2, -0.15) is 0 Å². The summed E-state index contributed by atoms with van der Waals surface area (Å²) in [7, 11) is 0. The van der Waals surface area contributed by atoms with Gasteiger partial charge in [0, 0.05) is 12.0 Å². The molecule has 2 rings (SSSR count). The van der Waals surface area contributed by atoms with Crippen molar-refractivity contribution in [2.75, 3.05) is 19.7 Å². The predicted molar refractivity (Wildman–Crippen MR) is 86.2 cm³/mol. The summed E-state index contributed by atoms with van der Waals surface area (Å²) in [6.45, 7) is 7.44. The molecular weight excluding hydrogens is 262 g/mol. The van der Waals surface area contributed by atoms with Crippen LogP contribution in [-0.4, -0.2) is 36.6 Å². The third-order valence-corrected chi connectivity index (χ3v) is 5.40. The number of unbranched alkanes of at least 4 members (excludes halogenated alkanes) is 1. The van der Waals surface area contributed by atoms with Crippen molar-refractivity contribution in [1.29, 1.82) is 0 Å². The molecule has 2 aliphatic heterocycles. The number of hydrogen-bond donors (Lipinski definition) is 0. The molecule has 0 aliphatic carbocycles. The number of esters is 1. The number of rotatable bonds is 7. The number of fused-ring (bicyclic) bond motifs is 1. The second kappa shape index (κ2) is 8.77. The van der Waals surface area contributed by atoms with Crippen LogP contribution in [0.5, 0.6) is 0 Å². The zero-order valence-electron chi connectivity index (χ0n) is 14.0. The van der Waals surface area contributed by atoms with Gasteiger partial charge in [-0.1, -0.05) is 33.1 Å². The van der Waals surface area contributed by atoms with Gasteiger partial charge in [-0.05, 0) is 51.6 Å². The molecule has 2 saturated heterocycles. The van der Waals surface area contributed by atoms with Gasteiger partial charge in [-0.3, -0.25) is 9.69 Å². The quantitative estimate of drug-likeness (QED) is 0.665. The van der Waals surface area contributed by atoms with Crippen molar-refractivity contribution in [3.63, 3.8) is 0 Å². The minimum atomic E-state index is 0.0545. The van der Waals surface area contributed by atoms with Crippen LogP contribution in [0.4, 0.5) is 0 Å². The second-order valence-corrected chi connectivity index (χ2v) is 6.88. The van der Waals surface area contributed by atoms with Gasteiger partial charge in [0.15, 0.2) is 0 Å². The van der Waals surface area contributed by atoms with Crippen molar-refractivity contribution in [1.82, 2.24) is 4.90 Å². The summed E-state index contributed by atoms with van der Waals surface area (Å²) in [6, 6.07) is 0.677. The fourth-order valence-electron chi connectivity index (χ4n) is 4.02. The molecule has 0 aromatic heterocycles. The Morgan fingerprint density at radius 1 is 1.19 bits per heavy atom. The van der Waals surface area contributed by atoms with Crippen LogP contribution in [0.3, 0.4) is 0 Å². The number of hydrogen-bond acceptors (Lipinski definition) is 3. The third-order valence-electron chi connectivity index (χ3n) is 5.40. The Morgan fingerprint density at radius 3 is 2.76 bits per heavy atom. The number of carbonyl (C=O) groups excluding carboxylic acids is 1. The van der Waals surface area contributed by atoms with Gasteiger partial charge < -0.3 is 4.74 Å². The maximum atomic E-state index is 12.2. The van der Waals surface area contributed by atoms with Crippen molar-refractivity contribution < 1.29 is 9.53 Å². The van der Waals surface area contributed by atoms with Crippen LogP contribution in [0.25, 0.3) is 0 Å². The molecular formula is C18H33NO2. The molecule has 21 heavy (non-hydrogen) atoms. The van der Waals surface area contributed by atoms with E-state index in [9.17, 15) is 4.79 Å². The van der Waals surface area contributed by atoms with E-state index < -0.39 is 0 Å². The van der Waals surface area contributed by atoms with Crippen LogP contribution < -0.4 is 0 Å². The summed E-state index contributed by atoms with van der Waals surface area (Å²) in [6.07, 6.45) is 10.7. The Kier molecular flexibility index (Phi) is 7.01. The summed E-state index contributed by atoms with van der Waals surface area (Å²) in [4.78, 5) is 14.9. The van der Waals surface area contributed by atoms with E-state index in [1.54, 1.807) is 0 Å². The number of ether oxygens (including phenoxy) is 1. The molecule has 0 N–H and O–H groups in total. The second-order valence-electron chi connectivity index (χ2n) is 6.88. The Hall–Kier alpha value is -0.570. The predicted octanol–water partition coefficient (Wildman–Crippen LogP) is 4.01. The summed E-state index contributed by atoms with van der Waals surface area (Å²) in [5.74, 6) is 0.751. The molecule has 0 amide bonds. The molecule has 0 saturated carbocycles. The first kappa shape index (κ1) is 16.8. The lowest BCUT2D eigenvalue weighted by Gasteiger charge is -2.44. The van der Waals surface area contributed by atoms with Crippen LogP contribution in [0, 0.1) is 11.8 Å². The van der Waals surface area contributed by atoms with Gasteiger partial charge in [-0.25, -0.2) is 0 Å². The van der Waals surface area contributed by atoms with E-state index in [1.807, 2.05) is 0 Å². The average Bonchev–Trinajstić information content (AvgIpc) is 2.53. The largest absolute Gasteiger partial charge is 0.465 e. The molecule has 3 heteroatoms. The van der Waals surface area contributed by atoms with E-state index in [-0.39, 0.29) is 11.9 Å². The summed E-state index contributed by atoms with van der Waals surface area (Å²) in [5.41, 5.74) is 0. The minimum absolute atomic E-state index is 0.0545. The molecule has 0 aromatic carbocycles. The summed E-state index contributed by atoms with van der Waals surface area (Å²) < 4.78 is 5.71. The molecule has 0 spiro atoms. The molecule has 2 fully saturated rings. The van der Waals surface area contributed by atoms with Gasteiger partial charge in [0.25, 0.3) is 0 Å². The fourth-order valence-corrected chi connectivity index (χ4v) is 4.02. The van der Waals surface area contributed by atoms with Gasteiger partial charge in [0.1, 0.15) is 0 Å². The molecule has 3 nitrogen and oxygen atoms in total. The van der Waals surface area contributed by atoms with Gasteiger partial charge in [0.2, 0.25) is 0 Å². The highest BCUT2D eigenvalue weighted by Crippen LogP contribution is 2.31. The highest BCUT2D eigenvalue weighted by molar-refractivity contribution is 5.72. The lowest BCUT2D eigenvalue weighted by Crippen LogP contribution is -2.49. The Labute approximate surface area is 130 Å². The summed E-state index contributed by atoms with van der Waals surface area (Å²) in [5, 5.41) is 0. The molecule has 2 aliphatic rings. The van der Waals surface area contributed by atoms with E-state index in [0.29, 0.717) is 18.6 Å². The molecule has 0 aromatic rings. The van der Waals surface area contributed by atoms with Crippen LogP contribution in [0.15, 0.2) is 0 Å². The van der Waals surface area contributed by atoms with Crippen molar-refractivity contribution in [3.05, 3.63) is 0 Å². The third kappa shape index (κ3) is 4.70. The van der Waals surface area contributed by atoms with E-state index in [0.717, 1.165) is 25.7 Å². The van der Waals surface area contributed by atoms with Crippen molar-refractivity contribution in [2.45, 2.75) is 77.7 Å². The monoisotopic (exact) mass is 295 g/mol. The smallest absolute Gasteiger partial charge is 0.308 e. The van der Waals surface area contributed by atoms with Crippen molar-refractivity contribution in [2.24, 2.45) is 11.8 Å². The minimum Gasteiger partial charge on any atom is -0.465 e. The average molecular weight is 295 g/mol. The molecule has 2 heterocycles. The molecule has 1 unspecified atom stereocenters. The van der Waals surface area contributed by atoms with Crippen molar-refractivity contribution >= 4 is 5.97 Å². The topological polar surface area (TPSA) is 29.5 Å². The lowest BCUT2D eigenvalue weighted by molar-refractivity contribution is -0.152. The van der Waals surface area contributed by atoms with Crippen LogP contribution >= 0.6 is 0 Å². The molecule has 0 radical (unpaired) electrons. The molecule has 122 valence electrons. The Morgan fingerprint density at radius 2 is 2.00 bits per heavy atom. The standard InChI is InChI=1S/C18H33NO2/c1-3-5-9-15(4-2)18(20)21-14-16-10-8-13-19-12-7-6-11-17(16)19/h15-17H,3-14H2,1-2H3/t15?,16-,17+/m0/s1. The highest BCUT2D eigenvalue weighted by atomic mass is 16.5. The maximum absolute atomic E-state index is 12.2. The number of piperidine rings is 2. The first-order valence-corrected chi connectivity index (χ1v) is 9.17. The first-order chi connectivity index (χ1) is 10.3. The van der Waals surface area contributed by atoms with Crippen LogP contribution in [0.2, 0.25) is 0 Å². The van der Waals surface area contributed by atoms with Crippen LogP contribution in [-0.2, 0) is 9.53 Å².